The van der Waals surface area contributed by atoms with Gasteiger partial charge in [0, 0.05) is 45.0 Å². The minimum Gasteiger partial charge on any atom is -0.494 e. The van der Waals surface area contributed by atoms with Crippen molar-refractivity contribution in [1.82, 2.24) is 10.3 Å². The van der Waals surface area contributed by atoms with E-state index in [4.69, 9.17) is 16.6 Å². The van der Waals surface area contributed by atoms with Crippen LogP contribution in [0.5, 0.6) is 5.88 Å². The number of carbonyl (C=O) groups is 2. The average Bonchev–Trinajstić information content (AvgIpc) is 3.43. The lowest BCUT2D eigenvalue weighted by Crippen LogP contribution is -2.26. The number of halogens is 1. The summed E-state index contributed by atoms with van der Waals surface area (Å²) in [6.07, 6.45) is 0.627. The zero-order chi connectivity index (χ0) is 33.5. The molecule has 0 bridgehead atoms. The van der Waals surface area contributed by atoms with Gasteiger partial charge in [-0.15, -0.1) is 0 Å². The Balaban J connectivity index is 1.19. The first-order chi connectivity index (χ1) is 23.3. The zero-order valence-corrected chi connectivity index (χ0v) is 27.0. The number of aromatic amines is 1. The van der Waals surface area contributed by atoms with Crippen molar-refractivity contribution in [1.29, 1.82) is 0 Å². The lowest BCUT2D eigenvalue weighted by Gasteiger charge is -2.14. The second kappa shape index (κ2) is 14.7. The SMILES string of the molecule is C[C@@H](NC(=O)c1ccc2[nH]c(O)c(C(=NCCc3ccc(NC(=O)Nc4ccc(Cl)cc4)cc3)c3ccccc3)c2c1)c1ccccc1. The van der Waals surface area contributed by atoms with Gasteiger partial charge in [0.25, 0.3) is 5.91 Å². The van der Waals surface area contributed by atoms with Gasteiger partial charge in [0.2, 0.25) is 0 Å². The number of hydrogen-bond acceptors (Lipinski definition) is 4. The second-order valence-corrected chi connectivity index (χ2v) is 11.8. The minimum atomic E-state index is -0.355. The number of aromatic hydroxyl groups is 1. The van der Waals surface area contributed by atoms with E-state index in [-0.39, 0.29) is 23.9 Å². The summed E-state index contributed by atoms with van der Waals surface area (Å²) in [4.78, 5) is 33.7. The Labute approximate surface area is 283 Å². The normalized spacial score (nSPS) is 12.0. The Morgan fingerprint density at radius 2 is 1.42 bits per heavy atom. The first kappa shape index (κ1) is 32.1. The van der Waals surface area contributed by atoms with E-state index >= 15 is 0 Å². The largest absolute Gasteiger partial charge is 0.494 e. The van der Waals surface area contributed by atoms with E-state index in [1.54, 1.807) is 42.5 Å². The number of anilines is 2. The van der Waals surface area contributed by atoms with Crippen LogP contribution >= 0.6 is 11.6 Å². The summed E-state index contributed by atoms with van der Waals surface area (Å²) >= 11 is 5.92. The molecule has 8 nitrogen and oxygen atoms in total. The molecule has 0 aliphatic rings. The van der Waals surface area contributed by atoms with E-state index in [0.29, 0.717) is 57.1 Å². The van der Waals surface area contributed by atoms with Crippen molar-refractivity contribution in [3.8, 4) is 5.88 Å². The fraction of sp³-hybridized carbons (Fsp3) is 0.103. The fourth-order valence-electron chi connectivity index (χ4n) is 5.45. The number of aromatic nitrogens is 1. The highest BCUT2D eigenvalue weighted by atomic mass is 35.5. The molecule has 1 aromatic heterocycles. The van der Waals surface area contributed by atoms with Gasteiger partial charge < -0.3 is 26.0 Å². The molecule has 6 aromatic rings. The summed E-state index contributed by atoms with van der Waals surface area (Å²) in [5.74, 6) is -0.228. The summed E-state index contributed by atoms with van der Waals surface area (Å²) in [7, 11) is 0. The molecular formula is C39H34ClN5O3. The van der Waals surface area contributed by atoms with Crippen LogP contribution in [0.2, 0.25) is 5.02 Å². The van der Waals surface area contributed by atoms with Gasteiger partial charge >= 0.3 is 6.03 Å². The standard InChI is InChI=1S/C39H34ClN5O3/c1-25(27-8-4-2-5-9-27)42-37(46)29-14-21-34-33(24-29)35(38(47)45-34)36(28-10-6-3-7-11-28)41-23-22-26-12-17-31(18-13-26)43-39(48)44-32-19-15-30(40)16-20-32/h2-21,24-25,45,47H,22-23H2,1H3,(H,42,46)(H2,43,44,48)/t25-/m1/s1. The van der Waals surface area contributed by atoms with Crippen molar-refractivity contribution in [2.75, 3.05) is 17.2 Å². The van der Waals surface area contributed by atoms with Crippen LogP contribution in [0.1, 0.15) is 45.6 Å². The van der Waals surface area contributed by atoms with Crippen molar-refractivity contribution >= 4 is 51.5 Å². The van der Waals surface area contributed by atoms with Crippen molar-refractivity contribution in [3.05, 3.63) is 160 Å². The number of nitrogens with zero attached hydrogens (tertiary/aromatic N) is 1. The maximum absolute atomic E-state index is 13.3. The summed E-state index contributed by atoms with van der Waals surface area (Å²) in [5.41, 5.74) is 6.50. The third-order valence-electron chi connectivity index (χ3n) is 7.96. The van der Waals surface area contributed by atoms with Crippen LogP contribution in [-0.4, -0.2) is 34.3 Å². The van der Waals surface area contributed by atoms with E-state index in [2.05, 4.69) is 20.9 Å². The third-order valence-corrected chi connectivity index (χ3v) is 8.21. The molecule has 0 unspecified atom stereocenters. The molecular weight excluding hydrogens is 622 g/mol. The molecule has 240 valence electrons. The predicted octanol–water partition coefficient (Wildman–Crippen LogP) is 8.74. The molecule has 5 aromatic carbocycles. The molecule has 1 atom stereocenters. The van der Waals surface area contributed by atoms with Gasteiger partial charge in [-0.1, -0.05) is 84.4 Å². The fourth-order valence-corrected chi connectivity index (χ4v) is 5.58. The van der Waals surface area contributed by atoms with E-state index in [9.17, 15) is 14.7 Å². The number of carbonyl (C=O) groups excluding carboxylic acids is 2. The second-order valence-electron chi connectivity index (χ2n) is 11.3. The van der Waals surface area contributed by atoms with Crippen LogP contribution in [0, 0.1) is 0 Å². The molecule has 1 heterocycles. The Hall–Kier alpha value is -5.86. The summed E-state index contributed by atoms with van der Waals surface area (Å²) < 4.78 is 0. The molecule has 0 fully saturated rings. The monoisotopic (exact) mass is 655 g/mol. The lowest BCUT2D eigenvalue weighted by molar-refractivity contribution is 0.0940. The number of nitrogens with one attached hydrogen (secondary N) is 4. The number of fused-ring (bicyclic) bond motifs is 1. The van der Waals surface area contributed by atoms with Crippen molar-refractivity contribution < 1.29 is 14.7 Å². The van der Waals surface area contributed by atoms with Gasteiger partial charge in [-0.05, 0) is 79.1 Å². The highest BCUT2D eigenvalue weighted by molar-refractivity contribution is 6.30. The van der Waals surface area contributed by atoms with Crippen molar-refractivity contribution in [3.63, 3.8) is 0 Å². The van der Waals surface area contributed by atoms with Crippen LogP contribution in [0.4, 0.5) is 16.2 Å². The van der Waals surface area contributed by atoms with Gasteiger partial charge in [0.05, 0.1) is 17.3 Å². The molecule has 0 saturated carbocycles. The number of hydrogen-bond donors (Lipinski definition) is 5. The van der Waals surface area contributed by atoms with Gasteiger partial charge in [0.1, 0.15) is 0 Å². The zero-order valence-electron chi connectivity index (χ0n) is 26.2. The Morgan fingerprint density at radius 1 is 0.792 bits per heavy atom. The molecule has 9 heteroatoms. The van der Waals surface area contributed by atoms with Crippen LogP contribution in [0.3, 0.4) is 0 Å². The number of H-pyrrole nitrogens is 1. The molecule has 0 radical (unpaired) electrons. The van der Waals surface area contributed by atoms with Gasteiger partial charge in [-0.3, -0.25) is 9.79 Å². The first-order valence-corrected chi connectivity index (χ1v) is 15.9. The van der Waals surface area contributed by atoms with E-state index in [0.717, 1.165) is 16.7 Å². The first-order valence-electron chi connectivity index (χ1n) is 15.6. The highest BCUT2D eigenvalue weighted by Crippen LogP contribution is 2.31. The van der Waals surface area contributed by atoms with Gasteiger partial charge in [-0.25, -0.2) is 4.79 Å². The van der Waals surface area contributed by atoms with E-state index < -0.39 is 0 Å². The maximum atomic E-state index is 13.3. The van der Waals surface area contributed by atoms with Crippen molar-refractivity contribution in [2.45, 2.75) is 19.4 Å². The minimum absolute atomic E-state index is 0.0184. The Bertz CT molecular complexity index is 2060. The quantitative estimate of drug-likeness (QED) is 0.0950. The molecule has 3 amide bonds. The summed E-state index contributed by atoms with van der Waals surface area (Å²) in [6, 6.07) is 38.7. The lowest BCUT2D eigenvalue weighted by atomic mass is 9.99. The number of aliphatic imine (C=N–C) groups is 1. The topological polar surface area (TPSA) is 119 Å². The van der Waals surface area contributed by atoms with Gasteiger partial charge in [0.15, 0.2) is 5.88 Å². The van der Waals surface area contributed by atoms with Crippen LogP contribution in [0.15, 0.2) is 132 Å². The molecule has 6 rings (SSSR count). The molecule has 0 saturated heterocycles. The van der Waals surface area contributed by atoms with Crippen LogP contribution in [-0.2, 0) is 6.42 Å². The van der Waals surface area contributed by atoms with Crippen molar-refractivity contribution in [2.24, 2.45) is 4.99 Å². The average molecular weight is 656 g/mol. The third kappa shape index (κ3) is 7.74. The Kier molecular flexibility index (Phi) is 9.83. The molecule has 0 spiro atoms. The molecule has 0 aliphatic heterocycles. The number of benzene rings is 5. The molecule has 0 aliphatic carbocycles. The Morgan fingerprint density at radius 3 is 2.08 bits per heavy atom. The van der Waals surface area contributed by atoms with Gasteiger partial charge in [-0.2, -0.15) is 0 Å². The summed E-state index contributed by atoms with van der Waals surface area (Å²) in [6.45, 7) is 2.39. The smallest absolute Gasteiger partial charge is 0.323 e. The summed E-state index contributed by atoms with van der Waals surface area (Å²) in [5, 5.41) is 21.1. The van der Waals surface area contributed by atoms with E-state index in [1.165, 1.54) is 0 Å². The van der Waals surface area contributed by atoms with Crippen LogP contribution in [0.25, 0.3) is 10.9 Å². The number of amides is 3. The number of urea groups is 1. The highest BCUT2D eigenvalue weighted by Gasteiger charge is 2.20. The van der Waals surface area contributed by atoms with E-state index in [1.807, 2.05) is 91.9 Å². The molecule has 48 heavy (non-hydrogen) atoms. The predicted molar refractivity (Wildman–Crippen MR) is 193 cm³/mol. The molecule has 5 N–H and O–H groups in total. The maximum Gasteiger partial charge on any atom is 0.323 e. The number of rotatable bonds is 10. The van der Waals surface area contributed by atoms with Crippen LogP contribution < -0.4 is 16.0 Å².